The van der Waals surface area contributed by atoms with Gasteiger partial charge in [0.05, 0.1) is 13.1 Å². The number of halogens is 2. The number of carbonyl (C=O) groups is 1. The Balaban J connectivity index is 2.21. The molecule has 2 heterocycles. The fraction of sp³-hybridized carbons (Fsp3) is 0.333. The van der Waals surface area contributed by atoms with Crippen molar-refractivity contribution < 1.29 is 13.6 Å². The molecule has 2 aromatic rings. The summed E-state index contributed by atoms with van der Waals surface area (Å²) in [6.07, 6.45) is 2.62. The molecule has 0 fully saturated rings. The van der Waals surface area contributed by atoms with Gasteiger partial charge in [-0.05, 0) is 26.0 Å². The molecule has 2 aromatic heterocycles. The molecular weight excluding hydrogens is 306 g/mol. The van der Waals surface area contributed by atoms with Crippen LogP contribution in [-0.2, 0) is 17.3 Å². The van der Waals surface area contributed by atoms with Crippen LogP contribution in [0.1, 0.15) is 18.3 Å². The Bertz CT molecular complexity index is 760. The number of rotatable bonds is 6. The van der Waals surface area contributed by atoms with Gasteiger partial charge in [0.15, 0.2) is 5.82 Å². The molecule has 0 aliphatic heterocycles. The molecule has 6 nitrogen and oxygen atoms in total. The van der Waals surface area contributed by atoms with Crippen molar-refractivity contribution in [2.24, 2.45) is 0 Å². The van der Waals surface area contributed by atoms with E-state index in [1.165, 1.54) is 42.1 Å². The number of hydrogen-bond donors (Lipinski definition) is 1. The van der Waals surface area contributed by atoms with Gasteiger partial charge in [0, 0.05) is 18.1 Å². The van der Waals surface area contributed by atoms with Crippen molar-refractivity contribution in [3.05, 3.63) is 52.3 Å². The highest BCUT2D eigenvalue weighted by Crippen LogP contribution is 2.25. The van der Waals surface area contributed by atoms with Crippen LogP contribution >= 0.6 is 0 Å². The van der Waals surface area contributed by atoms with Gasteiger partial charge in [-0.1, -0.05) is 6.07 Å². The molecule has 0 spiro atoms. The molecule has 0 saturated heterocycles. The van der Waals surface area contributed by atoms with Crippen molar-refractivity contribution in [3.8, 4) is 0 Å². The number of nitrogens with one attached hydrogen (secondary N) is 1. The lowest BCUT2D eigenvalue weighted by Gasteiger charge is -2.17. The van der Waals surface area contributed by atoms with E-state index in [-0.39, 0.29) is 18.1 Å². The SMILES string of the molecule is CC(=O)Cn1c(C)cnc(NCC(F)(F)c2ccccn2)c1=O. The summed E-state index contributed by atoms with van der Waals surface area (Å²) in [6, 6.07) is 4.20. The van der Waals surface area contributed by atoms with Crippen LogP contribution in [0.4, 0.5) is 14.6 Å². The van der Waals surface area contributed by atoms with Crippen LogP contribution in [-0.4, -0.2) is 26.9 Å². The first-order valence-corrected chi connectivity index (χ1v) is 6.90. The molecule has 2 rings (SSSR count). The van der Waals surface area contributed by atoms with Gasteiger partial charge >= 0.3 is 5.92 Å². The molecule has 1 N–H and O–H groups in total. The molecule has 0 saturated carbocycles. The Morgan fingerprint density at radius 1 is 1.35 bits per heavy atom. The van der Waals surface area contributed by atoms with E-state index in [1.807, 2.05) is 0 Å². The zero-order valence-electron chi connectivity index (χ0n) is 12.7. The lowest BCUT2D eigenvalue weighted by atomic mass is 10.2. The number of aromatic nitrogens is 3. The van der Waals surface area contributed by atoms with Crippen LogP contribution in [0.5, 0.6) is 0 Å². The normalized spacial score (nSPS) is 11.3. The molecule has 0 unspecified atom stereocenters. The number of pyridine rings is 1. The molecule has 0 amide bonds. The molecule has 0 bridgehead atoms. The minimum atomic E-state index is -3.26. The second-order valence-corrected chi connectivity index (χ2v) is 5.11. The Morgan fingerprint density at radius 2 is 2.09 bits per heavy atom. The second-order valence-electron chi connectivity index (χ2n) is 5.11. The highest BCUT2D eigenvalue weighted by Gasteiger charge is 2.33. The van der Waals surface area contributed by atoms with E-state index in [9.17, 15) is 18.4 Å². The maximum atomic E-state index is 14.0. The van der Waals surface area contributed by atoms with Crippen LogP contribution in [0.15, 0.2) is 35.4 Å². The van der Waals surface area contributed by atoms with Crippen molar-refractivity contribution in [2.45, 2.75) is 26.3 Å². The average molecular weight is 322 g/mol. The third-order valence-electron chi connectivity index (χ3n) is 3.15. The predicted molar refractivity (Wildman–Crippen MR) is 80.5 cm³/mol. The van der Waals surface area contributed by atoms with E-state index >= 15 is 0 Å². The standard InChI is InChI=1S/C15H16F2N4O2/c1-10-7-19-13(14(23)21(10)8-11(2)22)20-9-15(16,17)12-5-3-4-6-18-12/h3-7H,8-9H2,1-2H3,(H,19,20). The first-order chi connectivity index (χ1) is 10.8. The van der Waals surface area contributed by atoms with E-state index in [1.54, 1.807) is 6.92 Å². The minimum absolute atomic E-state index is 0.126. The fourth-order valence-electron chi connectivity index (χ4n) is 1.98. The molecule has 23 heavy (non-hydrogen) atoms. The summed E-state index contributed by atoms with van der Waals surface area (Å²) >= 11 is 0. The molecule has 122 valence electrons. The molecular formula is C15H16F2N4O2. The Labute approximate surface area is 131 Å². The number of alkyl halides is 2. The second kappa shape index (κ2) is 6.64. The van der Waals surface area contributed by atoms with Gasteiger partial charge in [0.2, 0.25) is 0 Å². The topological polar surface area (TPSA) is 76.9 Å². The number of Topliss-reactive ketones (excluding diaryl/α,β-unsaturated/α-hetero) is 1. The van der Waals surface area contributed by atoms with Crippen molar-refractivity contribution in [3.63, 3.8) is 0 Å². The summed E-state index contributed by atoms with van der Waals surface area (Å²) in [5.41, 5.74) is -0.534. The van der Waals surface area contributed by atoms with Gasteiger partial charge < -0.3 is 9.88 Å². The number of nitrogens with zero attached hydrogens (tertiary/aromatic N) is 3. The van der Waals surface area contributed by atoms with Crippen LogP contribution in [0, 0.1) is 6.92 Å². The molecule has 0 aromatic carbocycles. The molecule has 0 atom stereocenters. The summed E-state index contributed by atoms with van der Waals surface area (Å²) in [5.74, 6) is -3.70. The smallest absolute Gasteiger partial charge is 0.306 e. The lowest BCUT2D eigenvalue weighted by Crippen LogP contribution is -2.32. The molecule has 8 heteroatoms. The van der Waals surface area contributed by atoms with Crippen molar-refractivity contribution in [1.29, 1.82) is 0 Å². The first kappa shape index (κ1) is 16.7. The van der Waals surface area contributed by atoms with E-state index in [0.29, 0.717) is 5.69 Å². The van der Waals surface area contributed by atoms with Gasteiger partial charge in [0.1, 0.15) is 11.5 Å². The summed E-state index contributed by atoms with van der Waals surface area (Å²) < 4.78 is 29.3. The minimum Gasteiger partial charge on any atom is -0.359 e. The van der Waals surface area contributed by atoms with Gasteiger partial charge in [0.25, 0.3) is 5.56 Å². The summed E-state index contributed by atoms with van der Waals surface area (Å²) in [4.78, 5) is 30.9. The number of anilines is 1. The number of aryl methyl sites for hydroxylation is 1. The highest BCUT2D eigenvalue weighted by atomic mass is 19.3. The van der Waals surface area contributed by atoms with Crippen molar-refractivity contribution in [2.75, 3.05) is 11.9 Å². The lowest BCUT2D eigenvalue weighted by molar-refractivity contribution is -0.117. The molecule has 0 radical (unpaired) electrons. The van der Waals surface area contributed by atoms with E-state index < -0.39 is 23.7 Å². The zero-order valence-corrected chi connectivity index (χ0v) is 12.7. The maximum absolute atomic E-state index is 14.0. The largest absolute Gasteiger partial charge is 0.359 e. The maximum Gasteiger partial charge on any atom is 0.306 e. The Kier molecular flexibility index (Phi) is 4.83. The third kappa shape index (κ3) is 3.97. The van der Waals surface area contributed by atoms with Crippen LogP contribution in [0.25, 0.3) is 0 Å². The van der Waals surface area contributed by atoms with Crippen LogP contribution in [0.3, 0.4) is 0 Å². The Morgan fingerprint density at radius 3 is 2.70 bits per heavy atom. The van der Waals surface area contributed by atoms with Crippen LogP contribution in [0.2, 0.25) is 0 Å². The van der Waals surface area contributed by atoms with Crippen molar-refractivity contribution in [1.82, 2.24) is 14.5 Å². The van der Waals surface area contributed by atoms with E-state index in [0.717, 1.165) is 0 Å². The van der Waals surface area contributed by atoms with Gasteiger partial charge in [-0.2, -0.15) is 8.78 Å². The summed E-state index contributed by atoms with van der Waals surface area (Å²) in [5, 5.41) is 2.35. The average Bonchev–Trinajstić information content (AvgIpc) is 2.51. The van der Waals surface area contributed by atoms with Crippen LogP contribution < -0.4 is 10.9 Å². The summed E-state index contributed by atoms with van der Waals surface area (Å²) in [7, 11) is 0. The van der Waals surface area contributed by atoms with E-state index in [4.69, 9.17) is 0 Å². The highest BCUT2D eigenvalue weighted by molar-refractivity contribution is 5.75. The van der Waals surface area contributed by atoms with Crippen molar-refractivity contribution >= 4 is 11.6 Å². The Hall–Kier alpha value is -2.64. The fourth-order valence-corrected chi connectivity index (χ4v) is 1.98. The number of carbonyl (C=O) groups excluding carboxylic acids is 1. The zero-order chi connectivity index (χ0) is 17.0. The number of ketones is 1. The molecule has 0 aliphatic carbocycles. The third-order valence-corrected chi connectivity index (χ3v) is 3.15. The van der Waals surface area contributed by atoms with Gasteiger partial charge in [-0.15, -0.1) is 0 Å². The summed E-state index contributed by atoms with van der Waals surface area (Å²) in [6.45, 7) is 2.01. The quantitative estimate of drug-likeness (QED) is 0.876. The van der Waals surface area contributed by atoms with Gasteiger partial charge in [-0.3, -0.25) is 14.6 Å². The monoisotopic (exact) mass is 322 g/mol. The number of hydrogen-bond acceptors (Lipinski definition) is 5. The predicted octanol–water partition coefficient (Wildman–Crippen LogP) is 1.74. The first-order valence-electron chi connectivity index (χ1n) is 6.90. The van der Waals surface area contributed by atoms with Gasteiger partial charge in [-0.25, -0.2) is 4.98 Å². The van der Waals surface area contributed by atoms with E-state index in [2.05, 4.69) is 15.3 Å². The molecule has 0 aliphatic rings.